The van der Waals surface area contributed by atoms with Crippen molar-refractivity contribution in [1.82, 2.24) is 10.2 Å². The van der Waals surface area contributed by atoms with Crippen LogP contribution in [-0.2, 0) is 9.47 Å². The van der Waals surface area contributed by atoms with Crippen LogP contribution >= 0.6 is 0 Å². The average Bonchev–Trinajstić information content (AvgIpc) is 2.34. The van der Waals surface area contributed by atoms with E-state index < -0.39 is 0 Å². The molecule has 6 heteroatoms. The number of nitrogens with zero attached hydrogens (tertiary/aromatic N) is 1. The van der Waals surface area contributed by atoms with Crippen molar-refractivity contribution in [3.05, 3.63) is 0 Å². The molecule has 0 aliphatic carbocycles. The van der Waals surface area contributed by atoms with E-state index in [1.807, 2.05) is 0 Å². The largest absolute Gasteiger partial charge is 0.382 e. The van der Waals surface area contributed by atoms with Crippen LogP contribution in [0.5, 0.6) is 0 Å². The van der Waals surface area contributed by atoms with Gasteiger partial charge in [-0.2, -0.15) is 0 Å². The highest BCUT2D eigenvalue weighted by Gasteiger charge is 2.20. The molecule has 0 aromatic heterocycles. The summed E-state index contributed by atoms with van der Waals surface area (Å²) < 4.78 is 10.2. The van der Waals surface area contributed by atoms with Crippen LogP contribution in [-0.4, -0.2) is 63.5 Å². The maximum absolute atomic E-state index is 10.9. The second-order valence-corrected chi connectivity index (χ2v) is 4.16. The summed E-state index contributed by atoms with van der Waals surface area (Å²) in [5.41, 5.74) is 5.22. The van der Waals surface area contributed by atoms with Crippen molar-refractivity contribution in [2.75, 3.05) is 46.6 Å². The lowest BCUT2D eigenvalue weighted by Crippen LogP contribution is -2.47. The molecule has 1 aliphatic heterocycles. The molecule has 1 aliphatic rings. The number of piperidine rings is 1. The fourth-order valence-electron chi connectivity index (χ4n) is 1.88. The molecule has 1 saturated heterocycles. The summed E-state index contributed by atoms with van der Waals surface area (Å²) in [6.45, 7) is 4.30. The zero-order valence-corrected chi connectivity index (χ0v) is 10.5. The summed E-state index contributed by atoms with van der Waals surface area (Å²) in [6, 6.07) is 0.156. The zero-order valence-electron chi connectivity index (χ0n) is 10.5. The Labute approximate surface area is 102 Å². The number of methoxy groups -OCH3 is 1. The van der Waals surface area contributed by atoms with Crippen molar-refractivity contribution in [1.29, 1.82) is 0 Å². The van der Waals surface area contributed by atoms with Crippen molar-refractivity contribution in [2.45, 2.75) is 18.9 Å². The van der Waals surface area contributed by atoms with Crippen LogP contribution in [0.3, 0.4) is 0 Å². The number of hydrogen-bond acceptors (Lipinski definition) is 4. The molecule has 100 valence electrons. The van der Waals surface area contributed by atoms with E-state index in [9.17, 15) is 4.79 Å². The highest BCUT2D eigenvalue weighted by molar-refractivity contribution is 5.72. The number of nitrogens with two attached hydrogens (primary N) is 1. The van der Waals surface area contributed by atoms with Gasteiger partial charge in [0.1, 0.15) is 0 Å². The van der Waals surface area contributed by atoms with Crippen molar-refractivity contribution in [3.63, 3.8) is 0 Å². The third kappa shape index (κ3) is 5.86. The van der Waals surface area contributed by atoms with E-state index >= 15 is 0 Å². The Morgan fingerprint density at radius 1 is 1.35 bits per heavy atom. The number of primary amides is 1. The van der Waals surface area contributed by atoms with Gasteiger partial charge in [-0.05, 0) is 12.8 Å². The number of rotatable bonds is 7. The molecule has 0 saturated carbocycles. The Bertz CT molecular complexity index is 218. The number of carbonyl (C=O) groups excluding carboxylic acids is 1. The number of carbonyl (C=O) groups is 1. The Morgan fingerprint density at radius 3 is 2.65 bits per heavy atom. The van der Waals surface area contributed by atoms with Gasteiger partial charge in [-0.25, -0.2) is 4.79 Å². The van der Waals surface area contributed by atoms with Crippen molar-refractivity contribution in [2.24, 2.45) is 5.73 Å². The van der Waals surface area contributed by atoms with E-state index in [-0.39, 0.29) is 6.03 Å². The van der Waals surface area contributed by atoms with Crippen LogP contribution in [0.25, 0.3) is 0 Å². The minimum Gasteiger partial charge on any atom is -0.382 e. The SMILES string of the molecule is COCCOCCNC1CCN(C(N)=O)CC1. The van der Waals surface area contributed by atoms with E-state index in [2.05, 4.69) is 5.32 Å². The van der Waals surface area contributed by atoms with Crippen LogP contribution in [0.4, 0.5) is 4.79 Å². The number of ether oxygens (including phenoxy) is 2. The molecule has 0 atom stereocenters. The fraction of sp³-hybridized carbons (Fsp3) is 0.909. The van der Waals surface area contributed by atoms with Crippen LogP contribution < -0.4 is 11.1 Å². The number of nitrogens with one attached hydrogen (secondary N) is 1. The predicted octanol–water partition coefficient (Wildman–Crippen LogP) is -0.218. The smallest absolute Gasteiger partial charge is 0.314 e. The van der Waals surface area contributed by atoms with E-state index in [0.717, 1.165) is 32.5 Å². The minimum absolute atomic E-state index is 0.314. The standard InChI is InChI=1S/C11H23N3O3/c1-16-8-9-17-7-4-13-10-2-5-14(6-3-10)11(12)15/h10,13H,2-9H2,1H3,(H2,12,15). The molecule has 1 fully saturated rings. The van der Waals surface area contributed by atoms with Gasteiger partial charge in [0.25, 0.3) is 0 Å². The van der Waals surface area contributed by atoms with E-state index in [1.165, 1.54) is 0 Å². The van der Waals surface area contributed by atoms with Gasteiger partial charge in [0.05, 0.1) is 19.8 Å². The molecule has 1 heterocycles. The third-order valence-corrected chi connectivity index (χ3v) is 2.92. The van der Waals surface area contributed by atoms with Gasteiger partial charge in [-0.3, -0.25) is 0 Å². The van der Waals surface area contributed by atoms with Crippen LogP contribution in [0.1, 0.15) is 12.8 Å². The number of likely N-dealkylation sites (tertiary alicyclic amines) is 1. The molecule has 1 rings (SSSR count). The monoisotopic (exact) mass is 245 g/mol. The molecule has 0 spiro atoms. The van der Waals surface area contributed by atoms with Gasteiger partial charge in [-0.15, -0.1) is 0 Å². The Morgan fingerprint density at radius 2 is 2.06 bits per heavy atom. The summed E-state index contributed by atoms with van der Waals surface area (Å²) in [7, 11) is 1.66. The molecular weight excluding hydrogens is 222 g/mol. The first-order valence-electron chi connectivity index (χ1n) is 6.08. The predicted molar refractivity (Wildman–Crippen MR) is 64.9 cm³/mol. The second-order valence-electron chi connectivity index (χ2n) is 4.16. The topological polar surface area (TPSA) is 76.8 Å². The first-order valence-corrected chi connectivity index (χ1v) is 6.08. The maximum Gasteiger partial charge on any atom is 0.314 e. The molecule has 0 unspecified atom stereocenters. The number of amides is 2. The zero-order chi connectivity index (χ0) is 12.5. The van der Waals surface area contributed by atoms with E-state index in [0.29, 0.717) is 25.9 Å². The lowest BCUT2D eigenvalue weighted by molar-refractivity contribution is 0.0700. The molecule has 0 bridgehead atoms. The van der Waals surface area contributed by atoms with Crippen molar-refractivity contribution >= 4 is 6.03 Å². The van der Waals surface area contributed by atoms with E-state index in [1.54, 1.807) is 12.0 Å². The van der Waals surface area contributed by atoms with Gasteiger partial charge < -0.3 is 25.4 Å². The normalized spacial score (nSPS) is 17.4. The van der Waals surface area contributed by atoms with Gasteiger partial charge >= 0.3 is 6.03 Å². The Kier molecular flexibility index (Phi) is 6.91. The first-order chi connectivity index (χ1) is 8.24. The van der Waals surface area contributed by atoms with Crippen LogP contribution in [0, 0.1) is 0 Å². The van der Waals surface area contributed by atoms with Crippen LogP contribution in [0.15, 0.2) is 0 Å². The summed E-state index contributed by atoms with van der Waals surface area (Å²) in [4.78, 5) is 12.6. The fourth-order valence-corrected chi connectivity index (χ4v) is 1.88. The van der Waals surface area contributed by atoms with Gasteiger partial charge in [-0.1, -0.05) is 0 Å². The lowest BCUT2D eigenvalue weighted by atomic mass is 10.1. The van der Waals surface area contributed by atoms with Crippen LogP contribution in [0.2, 0.25) is 0 Å². The summed E-state index contributed by atoms with van der Waals surface area (Å²) in [5.74, 6) is 0. The maximum atomic E-state index is 10.9. The van der Waals surface area contributed by atoms with Gasteiger partial charge in [0.15, 0.2) is 0 Å². The molecular formula is C11H23N3O3. The molecule has 6 nitrogen and oxygen atoms in total. The van der Waals surface area contributed by atoms with E-state index in [4.69, 9.17) is 15.2 Å². The molecule has 0 aromatic carbocycles. The third-order valence-electron chi connectivity index (χ3n) is 2.92. The average molecular weight is 245 g/mol. The summed E-state index contributed by atoms with van der Waals surface area (Å²) in [5, 5.41) is 3.41. The van der Waals surface area contributed by atoms with Gasteiger partial charge in [0, 0.05) is 32.8 Å². The van der Waals surface area contributed by atoms with Gasteiger partial charge in [0.2, 0.25) is 0 Å². The summed E-state index contributed by atoms with van der Waals surface area (Å²) >= 11 is 0. The molecule has 3 N–H and O–H groups in total. The molecule has 0 radical (unpaired) electrons. The Balaban J connectivity index is 1.97. The lowest BCUT2D eigenvalue weighted by Gasteiger charge is -2.31. The second kappa shape index (κ2) is 8.27. The summed E-state index contributed by atoms with van der Waals surface area (Å²) in [6.07, 6.45) is 1.92. The Hall–Kier alpha value is -0.850. The highest BCUT2D eigenvalue weighted by Crippen LogP contribution is 2.09. The minimum atomic E-state index is -0.314. The number of hydrogen-bond donors (Lipinski definition) is 2. The number of urea groups is 1. The van der Waals surface area contributed by atoms with Crippen molar-refractivity contribution in [3.8, 4) is 0 Å². The molecule has 2 amide bonds. The first kappa shape index (κ1) is 14.2. The quantitative estimate of drug-likeness (QED) is 0.608. The highest BCUT2D eigenvalue weighted by atomic mass is 16.5. The molecule has 17 heavy (non-hydrogen) atoms. The molecule has 0 aromatic rings. The van der Waals surface area contributed by atoms with Crippen molar-refractivity contribution < 1.29 is 14.3 Å².